The molecular formula is C20H24FN3O. The first-order chi connectivity index (χ1) is 12.2. The zero-order valence-corrected chi connectivity index (χ0v) is 14.5. The summed E-state index contributed by atoms with van der Waals surface area (Å²) < 4.78 is 15.9. The number of likely N-dealkylation sites (tertiary alicyclic amines) is 1. The highest BCUT2D eigenvalue weighted by atomic mass is 19.1. The Kier molecular flexibility index (Phi) is 4.55. The Balaban J connectivity index is 1.77. The number of rotatable bonds is 2. The van der Waals surface area contributed by atoms with E-state index in [-0.39, 0.29) is 11.7 Å². The molecule has 2 aliphatic rings. The highest BCUT2D eigenvalue weighted by molar-refractivity contribution is 5.94. The summed E-state index contributed by atoms with van der Waals surface area (Å²) in [6.07, 6.45) is 7.51. The molecule has 1 amide bonds. The largest absolute Gasteiger partial charge is 0.337 e. The summed E-state index contributed by atoms with van der Waals surface area (Å²) in [5.41, 5.74) is 2.37. The lowest BCUT2D eigenvalue weighted by Crippen LogP contribution is -2.36. The fourth-order valence-corrected chi connectivity index (χ4v) is 3.99. The van der Waals surface area contributed by atoms with Gasteiger partial charge in [0.05, 0.1) is 5.69 Å². The molecule has 0 bridgehead atoms. The van der Waals surface area contributed by atoms with Crippen LogP contribution in [0.25, 0.3) is 11.4 Å². The van der Waals surface area contributed by atoms with Crippen LogP contribution in [-0.2, 0) is 13.0 Å². The predicted molar refractivity (Wildman–Crippen MR) is 94.9 cm³/mol. The van der Waals surface area contributed by atoms with Crippen molar-refractivity contribution >= 4 is 5.91 Å². The third-order valence-corrected chi connectivity index (χ3v) is 5.30. The smallest absolute Gasteiger partial charge is 0.274 e. The average molecular weight is 341 g/mol. The maximum absolute atomic E-state index is 13.7. The molecule has 25 heavy (non-hydrogen) atoms. The molecule has 4 rings (SSSR count). The Morgan fingerprint density at radius 1 is 1.00 bits per heavy atom. The van der Waals surface area contributed by atoms with E-state index in [0.29, 0.717) is 5.69 Å². The van der Waals surface area contributed by atoms with Gasteiger partial charge in [0.1, 0.15) is 17.3 Å². The van der Waals surface area contributed by atoms with E-state index in [1.165, 1.54) is 18.6 Å². The van der Waals surface area contributed by atoms with Gasteiger partial charge < -0.3 is 9.47 Å². The molecule has 1 aromatic heterocycles. The van der Waals surface area contributed by atoms with E-state index < -0.39 is 0 Å². The zero-order valence-electron chi connectivity index (χ0n) is 14.5. The number of piperidine rings is 1. The number of fused-ring (bicyclic) bond motifs is 1. The Labute approximate surface area is 147 Å². The van der Waals surface area contributed by atoms with Crippen LogP contribution in [0.1, 0.15) is 54.7 Å². The van der Waals surface area contributed by atoms with Crippen molar-refractivity contribution in [1.82, 2.24) is 14.5 Å². The summed E-state index contributed by atoms with van der Waals surface area (Å²) in [6.45, 7) is 2.49. The topological polar surface area (TPSA) is 38.1 Å². The minimum Gasteiger partial charge on any atom is -0.337 e. The number of hydrogen-bond donors (Lipinski definition) is 0. The highest BCUT2D eigenvalue weighted by Crippen LogP contribution is 2.28. The molecule has 1 saturated heterocycles. The molecule has 0 spiro atoms. The van der Waals surface area contributed by atoms with Crippen LogP contribution >= 0.6 is 0 Å². The van der Waals surface area contributed by atoms with Crippen LogP contribution in [0.4, 0.5) is 4.39 Å². The van der Waals surface area contributed by atoms with Crippen LogP contribution in [0, 0.1) is 5.82 Å². The highest BCUT2D eigenvalue weighted by Gasteiger charge is 2.28. The van der Waals surface area contributed by atoms with Crippen LogP contribution in [0.3, 0.4) is 0 Å². The third kappa shape index (κ3) is 3.20. The molecule has 0 radical (unpaired) electrons. The van der Waals surface area contributed by atoms with Gasteiger partial charge in [-0.2, -0.15) is 0 Å². The number of halogens is 1. The van der Waals surface area contributed by atoms with Crippen molar-refractivity contribution in [3.8, 4) is 11.4 Å². The normalized spacial score (nSPS) is 17.9. The Morgan fingerprint density at radius 2 is 1.76 bits per heavy atom. The second-order valence-corrected chi connectivity index (χ2v) is 7.06. The van der Waals surface area contributed by atoms with Crippen molar-refractivity contribution < 1.29 is 9.18 Å². The summed E-state index contributed by atoms with van der Waals surface area (Å²) in [6, 6.07) is 6.53. The number of imidazole rings is 1. The van der Waals surface area contributed by atoms with Gasteiger partial charge in [-0.25, -0.2) is 9.37 Å². The van der Waals surface area contributed by atoms with Gasteiger partial charge in [-0.05, 0) is 50.7 Å². The Hall–Kier alpha value is -2.17. The lowest BCUT2D eigenvalue weighted by molar-refractivity contribution is 0.0717. The van der Waals surface area contributed by atoms with Crippen molar-refractivity contribution in [2.45, 2.75) is 51.5 Å². The van der Waals surface area contributed by atoms with Gasteiger partial charge in [-0.15, -0.1) is 0 Å². The van der Waals surface area contributed by atoms with E-state index in [0.717, 1.165) is 75.2 Å². The van der Waals surface area contributed by atoms with Crippen molar-refractivity contribution in [1.29, 1.82) is 0 Å². The van der Waals surface area contributed by atoms with Crippen molar-refractivity contribution in [3.05, 3.63) is 41.5 Å². The van der Waals surface area contributed by atoms with Gasteiger partial charge in [0.25, 0.3) is 5.91 Å². The van der Waals surface area contributed by atoms with Crippen LogP contribution in [0.5, 0.6) is 0 Å². The zero-order chi connectivity index (χ0) is 17.2. The number of benzene rings is 1. The molecule has 2 aromatic rings. The Morgan fingerprint density at radius 3 is 2.56 bits per heavy atom. The number of amides is 1. The number of carbonyl (C=O) groups excluding carboxylic acids is 1. The van der Waals surface area contributed by atoms with Gasteiger partial charge >= 0.3 is 0 Å². The van der Waals surface area contributed by atoms with Crippen LogP contribution in [0.15, 0.2) is 24.3 Å². The van der Waals surface area contributed by atoms with E-state index in [1.54, 1.807) is 6.07 Å². The Bertz CT molecular complexity index is 777. The summed E-state index contributed by atoms with van der Waals surface area (Å²) >= 11 is 0. The fraction of sp³-hybridized carbons (Fsp3) is 0.500. The lowest BCUT2D eigenvalue weighted by Gasteiger charge is -2.26. The van der Waals surface area contributed by atoms with E-state index in [9.17, 15) is 9.18 Å². The molecule has 0 unspecified atom stereocenters. The van der Waals surface area contributed by atoms with Gasteiger partial charge in [0.2, 0.25) is 0 Å². The summed E-state index contributed by atoms with van der Waals surface area (Å²) in [5.74, 6) is 0.511. The van der Waals surface area contributed by atoms with Gasteiger partial charge in [-0.1, -0.05) is 18.6 Å². The van der Waals surface area contributed by atoms with Crippen LogP contribution in [-0.4, -0.2) is 33.4 Å². The third-order valence-electron chi connectivity index (χ3n) is 5.30. The minimum atomic E-state index is -0.271. The molecule has 0 atom stereocenters. The molecular weight excluding hydrogens is 317 g/mol. The fourth-order valence-electron chi connectivity index (χ4n) is 3.99. The first-order valence-corrected chi connectivity index (χ1v) is 9.38. The first kappa shape index (κ1) is 16.3. The summed E-state index contributed by atoms with van der Waals surface area (Å²) in [5, 5.41) is 0. The van der Waals surface area contributed by atoms with E-state index in [2.05, 4.69) is 4.57 Å². The quantitative estimate of drug-likeness (QED) is 0.827. The minimum absolute atomic E-state index is 0.0491. The lowest BCUT2D eigenvalue weighted by atomic mass is 10.1. The predicted octanol–water partition coefficient (Wildman–Crippen LogP) is 4.04. The monoisotopic (exact) mass is 341 g/mol. The second kappa shape index (κ2) is 6.98. The number of hydrogen-bond acceptors (Lipinski definition) is 2. The van der Waals surface area contributed by atoms with Gasteiger partial charge in [0.15, 0.2) is 0 Å². The molecule has 1 aromatic carbocycles. The van der Waals surface area contributed by atoms with E-state index in [4.69, 9.17) is 4.98 Å². The van der Waals surface area contributed by atoms with Gasteiger partial charge in [-0.3, -0.25) is 4.79 Å². The average Bonchev–Trinajstić information content (AvgIpc) is 2.83. The second-order valence-electron chi connectivity index (χ2n) is 7.06. The number of aromatic nitrogens is 2. The standard InChI is InChI=1S/C20H24FN3O/c21-16-9-7-8-15(14-16)19-22-18(17-10-3-1-6-13-24(17)19)20(25)23-11-4-2-5-12-23/h7-9,14H,1-6,10-13H2. The molecule has 2 aliphatic heterocycles. The molecule has 5 heteroatoms. The first-order valence-electron chi connectivity index (χ1n) is 9.38. The van der Waals surface area contributed by atoms with Crippen LogP contribution in [0.2, 0.25) is 0 Å². The van der Waals surface area contributed by atoms with Gasteiger partial charge in [0, 0.05) is 25.2 Å². The molecule has 4 nitrogen and oxygen atoms in total. The molecule has 3 heterocycles. The van der Waals surface area contributed by atoms with Crippen molar-refractivity contribution in [2.75, 3.05) is 13.1 Å². The number of carbonyl (C=O) groups is 1. The van der Waals surface area contributed by atoms with Crippen molar-refractivity contribution in [2.24, 2.45) is 0 Å². The molecule has 1 fully saturated rings. The van der Waals surface area contributed by atoms with E-state index >= 15 is 0 Å². The molecule has 0 N–H and O–H groups in total. The number of nitrogens with zero attached hydrogens (tertiary/aromatic N) is 3. The molecule has 0 saturated carbocycles. The molecule has 132 valence electrons. The SMILES string of the molecule is O=C(c1nc(-c2cccc(F)c2)n2c1CCCCC2)N1CCCCC1. The maximum Gasteiger partial charge on any atom is 0.274 e. The summed E-state index contributed by atoms with van der Waals surface area (Å²) in [4.78, 5) is 19.7. The summed E-state index contributed by atoms with van der Waals surface area (Å²) in [7, 11) is 0. The van der Waals surface area contributed by atoms with Crippen LogP contribution < -0.4 is 0 Å². The van der Waals surface area contributed by atoms with Crippen molar-refractivity contribution in [3.63, 3.8) is 0 Å². The maximum atomic E-state index is 13.7. The van der Waals surface area contributed by atoms with E-state index in [1.807, 2.05) is 11.0 Å². The molecule has 0 aliphatic carbocycles.